The molecule has 0 spiro atoms. The maximum absolute atomic E-state index is 13.5. The Kier molecular flexibility index (Phi) is 7.08. The van der Waals surface area contributed by atoms with Crippen LogP contribution in [0.5, 0.6) is 5.75 Å². The van der Waals surface area contributed by atoms with Gasteiger partial charge < -0.3 is 9.64 Å². The Balaban J connectivity index is 1.97. The van der Waals surface area contributed by atoms with Crippen LogP contribution in [0.2, 0.25) is 0 Å². The highest BCUT2D eigenvalue weighted by Crippen LogP contribution is 2.31. The van der Waals surface area contributed by atoms with Gasteiger partial charge in [0.25, 0.3) is 10.0 Å². The number of ether oxygens (including phenoxy) is 1. The zero-order valence-corrected chi connectivity index (χ0v) is 19.9. The number of hydrogen-bond acceptors (Lipinski definition) is 4. The third-order valence-electron chi connectivity index (χ3n) is 5.32. The standard InChI is InChI=1S/C22H27BrN2O4S/c1-16-6-8-18(9-7-16)25(15-22(26)24-12-4-5-17(2)14-24)30(27,28)19-10-11-21(29-3)20(23)13-19/h6-11,13,17H,4-5,12,14-15H2,1-3H3. The molecule has 30 heavy (non-hydrogen) atoms. The van der Waals surface area contributed by atoms with Gasteiger partial charge in [-0.1, -0.05) is 24.6 Å². The number of likely N-dealkylation sites (tertiary alicyclic amines) is 1. The van der Waals surface area contributed by atoms with Crippen LogP contribution in [0.15, 0.2) is 51.8 Å². The Hall–Kier alpha value is -2.06. The Labute approximate surface area is 187 Å². The van der Waals surface area contributed by atoms with Gasteiger partial charge in [-0.3, -0.25) is 9.10 Å². The number of benzene rings is 2. The molecule has 2 aromatic carbocycles. The first-order chi connectivity index (χ1) is 14.2. The Bertz CT molecular complexity index is 1010. The molecule has 0 saturated carbocycles. The molecule has 1 saturated heterocycles. The van der Waals surface area contributed by atoms with Gasteiger partial charge >= 0.3 is 0 Å². The first-order valence-corrected chi connectivity index (χ1v) is 12.2. The zero-order chi connectivity index (χ0) is 21.9. The maximum atomic E-state index is 13.5. The third-order valence-corrected chi connectivity index (χ3v) is 7.71. The van der Waals surface area contributed by atoms with Gasteiger partial charge in [-0.05, 0) is 71.9 Å². The summed E-state index contributed by atoms with van der Waals surface area (Å²) in [6.45, 7) is 5.14. The fraction of sp³-hybridized carbons (Fsp3) is 0.409. The summed E-state index contributed by atoms with van der Waals surface area (Å²) < 4.78 is 34.0. The molecule has 0 aliphatic carbocycles. The van der Waals surface area contributed by atoms with E-state index in [-0.39, 0.29) is 17.3 Å². The van der Waals surface area contributed by atoms with Crippen LogP contribution in [-0.2, 0) is 14.8 Å². The average molecular weight is 495 g/mol. The minimum Gasteiger partial charge on any atom is -0.496 e. The van der Waals surface area contributed by atoms with Crippen molar-refractivity contribution in [3.05, 3.63) is 52.5 Å². The van der Waals surface area contributed by atoms with Crippen LogP contribution in [0.3, 0.4) is 0 Å². The molecule has 3 rings (SSSR count). The Morgan fingerprint density at radius 2 is 1.93 bits per heavy atom. The molecule has 1 atom stereocenters. The number of aryl methyl sites for hydroxylation is 1. The van der Waals surface area contributed by atoms with Crippen LogP contribution in [-0.4, -0.2) is 46.0 Å². The zero-order valence-electron chi connectivity index (χ0n) is 17.5. The molecule has 1 aliphatic rings. The number of halogens is 1. The van der Waals surface area contributed by atoms with Crippen LogP contribution >= 0.6 is 15.9 Å². The van der Waals surface area contributed by atoms with E-state index in [2.05, 4.69) is 22.9 Å². The number of sulfonamides is 1. The lowest BCUT2D eigenvalue weighted by Gasteiger charge is -2.33. The maximum Gasteiger partial charge on any atom is 0.264 e. The van der Waals surface area contributed by atoms with Crippen LogP contribution in [0.25, 0.3) is 0 Å². The SMILES string of the molecule is COc1ccc(S(=O)(=O)N(CC(=O)N2CCCC(C)C2)c2ccc(C)cc2)cc1Br. The third kappa shape index (κ3) is 4.98. The van der Waals surface area contributed by atoms with E-state index < -0.39 is 10.0 Å². The van der Waals surface area contributed by atoms with Crippen LogP contribution < -0.4 is 9.04 Å². The van der Waals surface area contributed by atoms with Gasteiger partial charge in [0.05, 0.1) is 22.2 Å². The molecule has 1 unspecified atom stereocenters. The molecule has 0 bridgehead atoms. The Morgan fingerprint density at radius 3 is 2.53 bits per heavy atom. The van der Waals surface area contributed by atoms with Gasteiger partial charge in [-0.2, -0.15) is 0 Å². The predicted molar refractivity (Wildman–Crippen MR) is 121 cm³/mol. The van der Waals surface area contributed by atoms with E-state index in [1.54, 1.807) is 23.1 Å². The van der Waals surface area contributed by atoms with Crippen molar-refractivity contribution >= 4 is 37.5 Å². The lowest BCUT2D eigenvalue weighted by atomic mass is 10.0. The van der Waals surface area contributed by atoms with Crippen molar-refractivity contribution in [2.45, 2.75) is 31.6 Å². The predicted octanol–water partition coefficient (Wildman–Crippen LogP) is 4.22. The van der Waals surface area contributed by atoms with Gasteiger partial charge in [0, 0.05) is 13.1 Å². The molecule has 8 heteroatoms. The molecular formula is C22H27BrN2O4S. The van der Waals surface area contributed by atoms with E-state index in [1.165, 1.54) is 23.5 Å². The first-order valence-electron chi connectivity index (χ1n) is 9.93. The number of piperidine rings is 1. The average Bonchev–Trinajstić information content (AvgIpc) is 2.72. The molecule has 6 nitrogen and oxygen atoms in total. The van der Waals surface area contributed by atoms with Crippen molar-refractivity contribution in [2.75, 3.05) is 31.0 Å². The largest absolute Gasteiger partial charge is 0.496 e. The van der Waals surface area contributed by atoms with E-state index >= 15 is 0 Å². The lowest BCUT2D eigenvalue weighted by Crippen LogP contribution is -2.46. The highest BCUT2D eigenvalue weighted by Gasteiger charge is 2.30. The molecule has 2 aromatic rings. The summed E-state index contributed by atoms with van der Waals surface area (Å²) in [6.07, 6.45) is 2.03. The summed E-state index contributed by atoms with van der Waals surface area (Å²) in [5.74, 6) is 0.775. The van der Waals surface area contributed by atoms with E-state index in [9.17, 15) is 13.2 Å². The molecule has 1 amide bonds. The summed E-state index contributed by atoms with van der Waals surface area (Å²) in [4.78, 5) is 14.9. The number of nitrogens with zero attached hydrogens (tertiary/aromatic N) is 2. The van der Waals surface area contributed by atoms with Gasteiger partial charge in [0.15, 0.2) is 0 Å². The quantitative estimate of drug-likeness (QED) is 0.602. The molecule has 1 aliphatic heterocycles. The van der Waals surface area contributed by atoms with Crippen molar-refractivity contribution in [3.8, 4) is 5.75 Å². The summed E-state index contributed by atoms with van der Waals surface area (Å²) >= 11 is 3.35. The minimum atomic E-state index is -3.96. The summed E-state index contributed by atoms with van der Waals surface area (Å²) in [5, 5.41) is 0. The molecule has 1 fully saturated rings. The summed E-state index contributed by atoms with van der Waals surface area (Å²) in [6, 6.07) is 11.7. The molecular weight excluding hydrogens is 468 g/mol. The highest BCUT2D eigenvalue weighted by atomic mass is 79.9. The smallest absolute Gasteiger partial charge is 0.264 e. The minimum absolute atomic E-state index is 0.0931. The Morgan fingerprint density at radius 1 is 1.23 bits per heavy atom. The molecule has 0 N–H and O–H groups in total. The van der Waals surface area contributed by atoms with Crippen molar-refractivity contribution in [1.82, 2.24) is 4.90 Å². The second-order valence-corrected chi connectivity index (χ2v) is 10.4. The number of carbonyl (C=O) groups excluding carboxylic acids is 1. The number of hydrogen-bond donors (Lipinski definition) is 0. The van der Waals surface area contributed by atoms with Crippen LogP contribution in [0.4, 0.5) is 5.69 Å². The van der Waals surface area contributed by atoms with E-state index in [4.69, 9.17) is 4.74 Å². The second-order valence-electron chi connectivity index (χ2n) is 7.73. The van der Waals surface area contributed by atoms with Gasteiger partial charge in [0.1, 0.15) is 12.3 Å². The lowest BCUT2D eigenvalue weighted by molar-refractivity contribution is -0.131. The van der Waals surface area contributed by atoms with Crippen molar-refractivity contribution in [3.63, 3.8) is 0 Å². The molecule has 0 aromatic heterocycles. The fourth-order valence-electron chi connectivity index (χ4n) is 3.60. The summed E-state index contributed by atoms with van der Waals surface area (Å²) in [7, 11) is -2.44. The van der Waals surface area contributed by atoms with E-state index in [0.717, 1.165) is 18.4 Å². The van der Waals surface area contributed by atoms with Crippen molar-refractivity contribution in [2.24, 2.45) is 5.92 Å². The van der Waals surface area contributed by atoms with E-state index in [0.29, 0.717) is 34.9 Å². The van der Waals surface area contributed by atoms with Gasteiger partial charge in [0.2, 0.25) is 5.91 Å². The second kappa shape index (κ2) is 9.39. The van der Waals surface area contributed by atoms with Crippen LogP contribution in [0, 0.1) is 12.8 Å². The highest BCUT2D eigenvalue weighted by molar-refractivity contribution is 9.10. The number of anilines is 1. The number of amides is 1. The van der Waals surface area contributed by atoms with Gasteiger partial charge in [-0.25, -0.2) is 8.42 Å². The monoisotopic (exact) mass is 494 g/mol. The molecule has 1 heterocycles. The van der Waals surface area contributed by atoms with Crippen molar-refractivity contribution in [1.29, 1.82) is 0 Å². The van der Waals surface area contributed by atoms with E-state index in [1.807, 2.05) is 19.1 Å². The molecule has 0 radical (unpaired) electrons. The van der Waals surface area contributed by atoms with Crippen LogP contribution in [0.1, 0.15) is 25.3 Å². The number of carbonyl (C=O) groups is 1. The summed E-state index contributed by atoms with van der Waals surface area (Å²) in [5.41, 5.74) is 1.48. The number of methoxy groups -OCH3 is 1. The normalized spacial score (nSPS) is 16.9. The van der Waals surface area contributed by atoms with Gasteiger partial charge in [-0.15, -0.1) is 0 Å². The topological polar surface area (TPSA) is 66.9 Å². The fourth-order valence-corrected chi connectivity index (χ4v) is 5.73. The van der Waals surface area contributed by atoms with Crippen molar-refractivity contribution < 1.29 is 17.9 Å². The first kappa shape index (κ1) is 22.6. The number of rotatable bonds is 6. The molecule has 162 valence electrons.